The smallest absolute Gasteiger partial charge is 0.0991 e. The van der Waals surface area contributed by atoms with Crippen LogP contribution in [-0.2, 0) is 18.0 Å². The Bertz CT molecular complexity index is 785. The minimum absolute atomic E-state index is 0.554. The van der Waals surface area contributed by atoms with Crippen LogP contribution < -0.4 is 0 Å². The van der Waals surface area contributed by atoms with E-state index in [0.29, 0.717) is 18.8 Å². The van der Waals surface area contributed by atoms with E-state index in [9.17, 15) is 0 Å². The van der Waals surface area contributed by atoms with Crippen molar-refractivity contribution in [3.8, 4) is 6.07 Å². The molecule has 0 heterocycles. The van der Waals surface area contributed by atoms with Crippen LogP contribution in [0.3, 0.4) is 0 Å². The van der Waals surface area contributed by atoms with Gasteiger partial charge in [0.15, 0.2) is 0 Å². The summed E-state index contributed by atoms with van der Waals surface area (Å²) in [6.07, 6.45) is 0. The number of fused-ring (bicyclic) bond motifs is 1. The van der Waals surface area contributed by atoms with Crippen molar-refractivity contribution in [2.45, 2.75) is 13.2 Å². The molecular formula is C19H15NO. The Morgan fingerprint density at radius 1 is 0.762 bits per heavy atom. The predicted octanol–water partition coefficient (Wildman–Crippen LogP) is 4.43. The maximum Gasteiger partial charge on any atom is 0.0991 e. The van der Waals surface area contributed by atoms with Crippen LogP contribution in [0.4, 0.5) is 0 Å². The van der Waals surface area contributed by atoms with Crippen LogP contribution in [0, 0.1) is 11.3 Å². The highest BCUT2D eigenvalue weighted by molar-refractivity contribution is 5.82. The highest BCUT2D eigenvalue weighted by Crippen LogP contribution is 2.16. The molecule has 0 spiro atoms. The van der Waals surface area contributed by atoms with Crippen molar-refractivity contribution in [2.24, 2.45) is 0 Å². The minimum atomic E-state index is 0.554. The van der Waals surface area contributed by atoms with Gasteiger partial charge in [-0.15, -0.1) is 0 Å². The number of hydrogen-bond donors (Lipinski definition) is 0. The third-order valence-corrected chi connectivity index (χ3v) is 3.43. The molecule has 0 N–H and O–H groups in total. The second kappa shape index (κ2) is 6.21. The summed E-state index contributed by atoms with van der Waals surface area (Å²) in [7, 11) is 0. The second-order valence-corrected chi connectivity index (χ2v) is 4.98. The monoisotopic (exact) mass is 273 g/mol. The highest BCUT2D eigenvalue weighted by Gasteiger charge is 1.98. The number of rotatable bonds is 4. The molecule has 0 unspecified atom stereocenters. The molecule has 0 aliphatic heterocycles. The predicted molar refractivity (Wildman–Crippen MR) is 83.6 cm³/mol. The Hall–Kier alpha value is -2.63. The molecule has 0 aliphatic rings. The van der Waals surface area contributed by atoms with Crippen LogP contribution in [0.5, 0.6) is 0 Å². The lowest BCUT2D eigenvalue weighted by Crippen LogP contribution is -1.94. The maximum absolute atomic E-state index is 8.76. The fourth-order valence-electron chi connectivity index (χ4n) is 2.29. The van der Waals surface area contributed by atoms with E-state index in [0.717, 1.165) is 5.56 Å². The lowest BCUT2D eigenvalue weighted by Gasteiger charge is -2.06. The summed E-state index contributed by atoms with van der Waals surface area (Å²) in [5.41, 5.74) is 2.92. The minimum Gasteiger partial charge on any atom is -0.372 e. The summed E-state index contributed by atoms with van der Waals surface area (Å²) >= 11 is 0. The zero-order chi connectivity index (χ0) is 14.5. The molecule has 0 amide bonds. The summed E-state index contributed by atoms with van der Waals surface area (Å²) in [5, 5.41) is 11.2. The van der Waals surface area contributed by atoms with Gasteiger partial charge in [0, 0.05) is 0 Å². The quantitative estimate of drug-likeness (QED) is 0.704. The lowest BCUT2D eigenvalue weighted by atomic mass is 10.1. The fourth-order valence-corrected chi connectivity index (χ4v) is 2.29. The van der Waals surface area contributed by atoms with Gasteiger partial charge >= 0.3 is 0 Å². The average Bonchev–Trinajstić information content (AvgIpc) is 2.55. The van der Waals surface area contributed by atoms with Crippen molar-refractivity contribution in [3.05, 3.63) is 83.4 Å². The van der Waals surface area contributed by atoms with E-state index in [4.69, 9.17) is 10.00 Å². The van der Waals surface area contributed by atoms with E-state index in [1.165, 1.54) is 16.3 Å². The van der Waals surface area contributed by atoms with E-state index in [1.54, 1.807) is 0 Å². The third kappa shape index (κ3) is 3.28. The van der Waals surface area contributed by atoms with Crippen molar-refractivity contribution in [1.29, 1.82) is 5.26 Å². The summed E-state index contributed by atoms with van der Waals surface area (Å²) < 4.78 is 5.75. The Morgan fingerprint density at radius 3 is 2.19 bits per heavy atom. The van der Waals surface area contributed by atoms with Crippen LogP contribution in [0.1, 0.15) is 16.7 Å². The van der Waals surface area contributed by atoms with Crippen molar-refractivity contribution in [1.82, 2.24) is 0 Å². The second-order valence-electron chi connectivity index (χ2n) is 4.98. The van der Waals surface area contributed by atoms with Crippen LogP contribution in [-0.4, -0.2) is 0 Å². The Balaban J connectivity index is 1.62. The van der Waals surface area contributed by atoms with E-state index in [2.05, 4.69) is 36.4 Å². The molecule has 2 heteroatoms. The first-order chi connectivity index (χ1) is 10.3. The Morgan fingerprint density at radius 2 is 1.43 bits per heavy atom. The average molecular weight is 273 g/mol. The number of nitriles is 1. The molecule has 102 valence electrons. The van der Waals surface area contributed by atoms with Gasteiger partial charge in [0.05, 0.1) is 24.8 Å². The van der Waals surface area contributed by atoms with Gasteiger partial charge in [0.25, 0.3) is 0 Å². The van der Waals surface area contributed by atoms with E-state index in [1.807, 2.05) is 36.4 Å². The standard InChI is InChI=1S/C19H15NO/c20-12-15-5-7-16(8-6-15)13-21-14-17-9-10-18-3-1-2-4-19(18)11-17/h1-11H,13-14H2. The van der Waals surface area contributed by atoms with E-state index >= 15 is 0 Å². The molecule has 2 nitrogen and oxygen atoms in total. The topological polar surface area (TPSA) is 33.0 Å². The Labute approximate surface area is 124 Å². The normalized spacial score (nSPS) is 10.4. The van der Waals surface area contributed by atoms with Crippen LogP contribution in [0.2, 0.25) is 0 Å². The SMILES string of the molecule is N#Cc1ccc(COCc2ccc3ccccc3c2)cc1. The number of hydrogen-bond acceptors (Lipinski definition) is 2. The van der Waals surface area contributed by atoms with Crippen molar-refractivity contribution >= 4 is 10.8 Å². The van der Waals surface area contributed by atoms with Gasteiger partial charge in [-0.05, 0) is 40.1 Å². The highest BCUT2D eigenvalue weighted by atomic mass is 16.5. The Kier molecular flexibility index (Phi) is 3.95. The summed E-state index contributed by atoms with van der Waals surface area (Å²) in [6.45, 7) is 1.14. The van der Waals surface area contributed by atoms with Gasteiger partial charge in [-0.1, -0.05) is 48.5 Å². The molecule has 0 bridgehead atoms. The molecule has 3 aromatic rings. The number of ether oxygens (including phenoxy) is 1. The van der Waals surface area contributed by atoms with Crippen LogP contribution >= 0.6 is 0 Å². The molecule has 0 radical (unpaired) electrons. The summed E-state index contributed by atoms with van der Waals surface area (Å²) in [4.78, 5) is 0. The first kappa shape index (κ1) is 13.4. The van der Waals surface area contributed by atoms with Gasteiger partial charge < -0.3 is 4.74 Å². The van der Waals surface area contributed by atoms with Crippen LogP contribution in [0.25, 0.3) is 10.8 Å². The number of nitrogens with zero attached hydrogens (tertiary/aromatic N) is 1. The van der Waals surface area contributed by atoms with Crippen molar-refractivity contribution in [2.75, 3.05) is 0 Å². The third-order valence-electron chi connectivity index (χ3n) is 3.43. The molecule has 0 aliphatic carbocycles. The van der Waals surface area contributed by atoms with Crippen LogP contribution in [0.15, 0.2) is 66.7 Å². The molecule has 0 aromatic heterocycles. The summed E-state index contributed by atoms with van der Waals surface area (Å²) in [5.74, 6) is 0. The number of benzene rings is 3. The van der Waals surface area contributed by atoms with Gasteiger partial charge in [-0.3, -0.25) is 0 Å². The maximum atomic E-state index is 8.76. The zero-order valence-electron chi connectivity index (χ0n) is 11.6. The largest absolute Gasteiger partial charge is 0.372 e. The van der Waals surface area contributed by atoms with Gasteiger partial charge in [-0.25, -0.2) is 0 Å². The van der Waals surface area contributed by atoms with Gasteiger partial charge in [0.1, 0.15) is 0 Å². The van der Waals surface area contributed by atoms with E-state index in [-0.39, 0.29) is 0 Å². The van der Waals surface area contributed by atoms with E-state index < -0.39 is 0 Å². The molecule has 3 rings (SSSR count). The fraction of sp³-hybridized carbons (Fsp3) is 0.105. The van der Waals surface area contributed by atoms with Crippen molar-refractivity contribution < 1.29 is 4.74 Å². The molecule has 0 saturated heterocycles. The lowest BCUT2D eigenvalue weighted by molar-refractivity contribution is 0.107. The van der Waals surface area contributed by atoms with Crippen molar-refractivity contribution in [3.63, 3.8) is 0 Å². The molecule has 0 fully saturated rings. The first-order valence-electron chi connectivity index (χ1n) is 6.89. The molecule has 0 atom stereocenters. The zero-order valence-corrected chi connectivity index (χ0v) is 11.6. The molecule has 3 aromatic carbocycles. The summed E-state index contributed by atoms with van der Waals surface area (Å²) in [6, 6.07) is 24.3. The van der Waals surface area contributed by atoms with Gasteiger partial charge in [-0.2, -0.15) is 5.26 Å². The van der Waals surface area contributed by atoms with Gasteiger partial charge in [0.2, 0.25) is 0 Å². The molecule has 21 heavy (non-hydrogen) atoms. The molecule has 0 saturated carbocycles. The first-order valence-corrected chi connectivity index (χ1v) is 6.89. The molecular weight excluding hydrogens is 258 g/mol.